The van der Waals surface area contributed by atoms with Gasteiger partial charge in [0, 0.05) is 13.6 Å². The minimum atomic E-state index is -0.136. The van der Waals surface area contributed by atoms with Gasteiger partial charge in [0.05, 0.1) is 5.60 Å². The van der Waals surface area contributed by atoms with Crippen molar-refractivity contribution < 1.29 is 4.74 Å². The van der Waals surface area contributed by atoms with Crippen molar-refractivity contribution in [2.24, 2.45) is 12.8 Å². The average Bonchev–Trinajstić information content (AvgIpc) is 2.63. The zero-order chi connectivity index (χ0) is 12.1. The Kier molecular flexibility index (Phi) is 4.12. The molecule has 0 radical (unpaired) electrons. The van der Waals surface area contributed by atoms with E-state index < -0.39 is 0 Å². The molecule has 1 aromatic rings. The van der Waals surface area contributed by atoms with Gasteiger partial charge in [-0.2, -0.15) is 5.10 Å². The standard InChI is InChI=1S/C12H22N4O/c1-16-11(14-10-15-16)8-17-12(9-13)6-4-2-3-5-7-12/h10H,2-9,13H2,1H3. The summed E-state index contributed by atoms with van der Waals surface area (Å²) in [5.74, 6) is 0.863. The van der Waals surface area contributed by atoms with E-state index in [-0.39, 0.29) is 5.60 Å². The van der Waals surface area contributed by atoms with Crippen LogP contribution in [0.5, 0.6) is 0 Å². The third-order valence-corrected chi connectivity index (χ3v) is 3.70. The van der Waals surface area contributed by atoms with E-state index in [0.29, 0.717) is 13.2 Å². The lowest BCUT2D eigenvalue weighted by atomic mass is 9.94. The Bertz CT molecular complexity index is 342. The van der Waals surface area contributed by atoms with Crippen LogP contribution in [0.25, 0.3) is 0 Å². The van der Waals surface area contributed by atoms with Crippen molar-refractivity contribution in [1.82, 2.24) is 14.8 Å². The van der Waals surface area contributed by atoms with Crippen LogP contribution in [0.1, 0.15) is 44.3 Å². The molecule has 1 aromatic heterocycles. The molecule has 0 unspecified atom stereocenters. The smallest absolute Gasteiger partial charge is 0.152 e. The average molecular weight is 238 g/mol. The monoisotopic (exact) mass is 238 g/mol. The van der Waals surface area contributed by atoms with Crippen LogP contribution in [-0.2, 0) is 18.4 Å². The fourth-order valence-corrected chi connectivity index (χ4v) is 2.45. The van der Waals surface area contributed by atoms with Gasteiger partial charge in [-0.1, -0.05) is 25.7 Å². The number of aryl methyl sites for hydroxylation is 1. The van der Waals surface area contributed by atoms with E-state index in [1.807, 2.05) is 7.05 Å². The van der Waals surface area contributed by atoms with E-state index in [1.54, 1.807) is 11.0 Å². The minimum Gasteiger partial charge on any atom is -0.366 e. The summed E-state index contributed by atoms with van der Waals surface area (Å²) in [6, 6.07) is 0. The Balaban J connectivity index is 1.96. The lowest BCUT2D eigenvalue weighted by molar-refractivity contribution is -0.0635. The fourth-order valence-electron chi connectivity index (χ4n) is 2.45. The Morgan fingerprint density at radius 2 is 2.06 bits per heavy atom. The zero-order valence-electron chi connectivity index (χ0n) is 10.6. The van der Waals surface area contributed by atoms with Gasteiger partial charge in [0.2, 0.25) is 0 Å². The van der Waals surface area contributed by atoms with Gasteiger partial charge < -0.3 is 10.5 Å². The molecule has 17 heavy (non-hydrogen) atoms. The molecule has 2 rings (SSSR count). The molecular formula is C12H22N4O. The summed E-state index contributed by atoms with van der Waals surface area (Å²) in [5.41, 5.74) is 5.78. The van der Waals surface area contributed by atoms with Crippen molar-refractivity contribution in [3.8, 4) is 0 Å². The third kappa shape index (κ3) is 3.04. The second-order valence-electron chi connectivity index (χ2n) is 4.89. The molecule has 0 amide bonds. The van der Waals surface area contributed by atoms with Crippen LogP contribution in [0.4, 0.5) is 0 Å². The van der Waals surface area contributed by atoms with Gasteiger partial charge in [0.15, 0.2) is 5.82 Å². The summed E-state index contributed by atoms with van der Waals surface area (Å²) in [6.07, 6.45) is 8.74. The van der Waals surface area contributed by atoms with Gasteiger partial charge in [-0.3, -0.25) is 4.68 Å². The number of aromatic nitrogens is 3. The van der Waals surface area contributed by atoms with Crippen LogP contribution in [0.15, 0.2) is 6.33 Å². The van der Waals surface area contributed by atoms with Crippen molar-refractivity contribution in [3.63, 3.8) is 0 Å². The molecule has 1 saturated carbocycles. The highest BCUT2D eigenvalue weighted by molar-refractivity contribution is 4.87. The van der Waals surface area contributed by atoms with Gasteiger partial charge in [0.25, 0.3) is 0 Å². The van der Waals surface area contributed by atoms with Gasteiger partial charge in [-0.25, -0.2) is 4.98 Å². The Morgan fingerprint density at radius 1 is 1.35 bits per heavy atom. The van der Waals surface area contributed by atoms with Gasteiger partial charge >= 0.3 is 0 Å². The maximum absolute atomic E-state index is 6.08. The predicted octanol–water partition coefficient (Wildman–Crippen LogP) is 1.38. The topological polar surface area (TPSA) is 66.0 Å². The molecule has 0 aliphatic heterocycles. The number of hydrogen-bond acceptors (Lipinski definition) is 4. The molecule has 0 atom stereocenters. The van der Waals surface area contributed by atoms with E-state index in [2.05, 4.69) is 10.1 Å². The lowest BCUT2D eigenvalue weighted by Gasteiger charge is -2.31. The van der Waals surface area contributed by atoms with Crippen LogP contribution in [-0.4, -0.2) is 26.9 Å². The van der Waals surface area contributed by atoms with E-state index in [1.165, 1.54) is 25.7 Å². The van der Waals surface area contributed by atoms with Gasteiger partial charge in [-0.15, -0.1) is 0 Å². The molecule has 1 fully saturated rings. The first kappa shape index (κ1) is 12.5. The Hall–Kier alpha value is -0.940. The molecule has 2 N–H and O–H groups in total. The lowest BCUT2D eigenvalue weighted by Crippen LogP contribution is -2.40. The van der Waals surface area contributed by atoms with Crippen LogP contribution >= 0.6 is 0 Å². The van der Waals surface area contributed by atoms with Crippen molar-refractivity contribution in [2.45, 2.75) is 50.7 Å². The summed E-state index contributed by atoms with van der Waals surface area (Å²) in [6.45, 7) is 1.11. The SMILES string of the molecule is Cn1ncnc1COC1(CN)CCCCCC1. The molecule has 0 spiro atoms. The van der Waals surface area contributed by atoms with E-state index in [4.69, 9.17) is 10.5 Å². The van der Waals surface area contributed by atoms with Crippen molar-refractivity contribution in [2.75, 3.05) is 6.54 Å². The van der Waals surface area contributed by atoms with E-state index >= 15 is 0 Å². The zero-order valence-corrected chi connectivity index (χ0v) is 10.6. The third-order valence-electron chi connectivity index (χ3n) is 3.70. The molecule has 1 aliphatic carbocycles. The highest BCUT2D eigenvalue weighted by Crippen LogP contribution is 2.30. The van der Waals surface area contributed by atoms with Crippen molar-refractivity contribution in [1.29, 1.82) is 0 Å². The maximum atomic E-state index is 6.08. The normalized spacial score (nSPS) is 20.1. The molecular weight excluding hydrogens is 216 g/mol. The first-order valence-corrected chi connectivity index (χ1v) is 6.43. The van der Waals surface area contributed by atoms with Crippen LogP contribution < -0.4 is 5.73 Å². The molecule has 5 heteroatoms. The number of nitrogens with two attached hydrogens (primary N) is 1. The second kappa shape index (κ2) is 5.60. The second-order valence-corrected chi connectivity index (χ2v) is 4.89. The van der Waals surface area contributed by atoms with Crippen LogP contribution in [0.3, 0.4) is 0 Å². The summed E-state index contributed by atoms with van der Waals surface area (Å²) < 4.78 is 7.83. The maximum Gasteiger partial charge on any atom is 0.152 e. The summed E-state index contributed by atoms with van der Waals surface area (Å²) >= 11 is 0. The number of rotatable bonds is 4. The number of ether oxygens (including phenoxy) is 1. The molecule has 5 nitrogen and oxygen atoms in total. The van der Waals surface area contributed by atoms with Gasteiger partial charge in [-0.05, 0) is 12.8 Å². The highest BCUT2D eigenvalue weighted by atomic mass is 16.5. The molecule has 0 saturated heterocycles. The Labute approximate surface area is 102 Å². The van der Waals surface area contributed by atoms with Crippen LogP contribution in [0, 0.1) is 0 Å². The molecule has 1 heterocycles. The molecule has 96 valence electrons. The quantitative estimate of drug-likeness (QED) is 0.805. The Morgan fingerprint density at radius 3 is 2.59 bits per heavy atom. The number of nitrogens with zero attached hydrogens (tertiary/aromatic N) is 3. The van der Waals surface area contributed by atoms with E-state index in [9.17, 15) is 0 Å². The van der Waals surface area contributed by atoms with E-state index in [0.717, 1.165) is 18.7 Å². The summed E-state index contributed by atoms with van der Waals surface area (Å²) in [4.78, 5) is 4.18. The highest BCUT2D eigenvalue weighted by Gasteiger charge is 2.30. The predicted molar refractivity (Wildman–Crippen MR) is 65.3 cm³/mol. The fraction of sp³-hybridized carbons (Fsp3) is 0.833. The van der Waals surface area contributed by atoms with Gasteiger partial charge in [0.1, 0.15) is 12.9 Å². The molecule has 1 aliphatic rings. The summed E-state index contributed by atoms with van der Waals surface area (Å²) in [7, 11) is 1.88. The molecule has 0 bridgehead atoms. The summed E-state index contributed by atoms with van der Waals surface area (Å²) in [5, 5.41) is 4.04. The first-order valence-electron chi connectivity index (χ1n) is 6.43. The first-order chi connectivity index (χ1) is 8.26. The van der Waals surface area contributed by atoms with Crippen LogP contribution in [0.2, 0.25) is 0 Å². The molecule has 0 aromatic carbocycles. The largest absolute Gasteiger partial charge is 0.366 e. The minimum absolute atomic E-state index is 0.136. The van der Waals surface area contributed by atoms with Crippen molar-refractivity contribution >= 4 is 0 Å². The van der Waals surface area contributed by atoms with Crippen molar-refractivity contribution in [3.05, 3.63) is 12.2 Å². The number of hydrogen-bond donors (Lipinski definition) is 1.